The second-order valence-corrected chi connectivity index (χ2v) is 4.14. The van der Waals surface area contributed by atoms with Crippen molar-refractivity contribution >= 4 is 0 Å². The number of pyridine rings is 1. The lowest BCUT2D eigenvalue weighted by molar-refractivity contribution is 0.402. The van der Waals surface area contributed by atoms with Crippen LogP contribution < -0.4 is 0 Å². The molecule has 14 heavy (non-hydrogen) atoms. The van der Waals surface area contributed by atoms with E-state index in [1.165, 1.54) is 11.3 Å². The van der Waals surface area contributed by atoms with E-state index in [1.54, 1.807) is 0 Å². The van der Waals surface area contributed by atoms with Gasteiger partial charge in [-0.2, -0.15) is 0 Å². The molecule has 0 bridgehead atoms. The summed E-state index contributed by atoms with van der Waals surface area (Å²) in [6.07, 6.45) is 3.07. The van der Waals surface area contributed by atoms with Gasteiger partial charge < -0.3 is 4.90 Å². The largest absolute Gasteiger partial charge is 0.305 e. The molecule has 0 N–H and O–H groups in total. The van der Waals surface area contributed by atoms with Crippen LogP contribution in [-0.4, -0.2) is 24.0 Å². The van der Waals surface area contributed by atoms with Gasteiger partial charge in [0.25, 0.3) is 0 Å². The molecule has 78 valence electrons. The quantitative estimate of drug-likeness (QED) is 0.729. The predicted octanol–water partition coefficient (Wildman–Crippen LogP) is 2.66. The zero-order valence-electron chi connectivity index (χ0n) is 9.62. The molecule has 1 aromatic rings. The monoisotopic (exact) mass is 192 g/mol. The first kappa shape index (κ1) is 11.2. The Morgan fingerprint density at radius 1 is 1.43 bits per heavy atom. The zero-order valence-corrected chi connectivity index (χ0v) is 9.62. The summed E-state index contributed by atoms with van der Waals surface area (Å²) in [6, 6.07) is 4.31. The van der Waals surface area contributed by atoms with Gasteiger partial charge in [-0.25, -0.2) is 0 Å². The van der Waals surface area contributed by atoms with Gasteiger partial charge in [-0.05, 0) is 44.1 Å². The maximum Gasteiger partial charge on any atom is 0.0434 e. The van der Waals surface area contributed by atoms with Gasteiger partial charge in [0.2, 0.25) is 0 Å². The summed E-state index contributed by atoms with van der Waals surface area (Å²) >= 11 is 0. The molecule has 1 atom stereocenters. The average molecular weight is 192 g/mol. The van der Waals surface area contributed by atoms with E-state index in [9.17, 15) is 0 Å². The molecule has 0 saturated heterocycles. The molecule has 0 aliphatic carbocycles. The molecule has 2 heteroatoms. The van der Waals surface area contributed by atoms with E-state index < -0.39 is 0 Å². The molecule has 0 fully saturated rings. The van der Waals surface area contributed by atoms with Crippen LogP contribution in [-0.2, 0) is 6.54 Å². The second-order valence-electron chi connectivity index (χ2n) is 4.14. The van der Waals surface area contributed by atoms with E-state index in [2.05, 4.69) is 50.0 Å². The molecular weight excluding hydrogens is 172 g/mol. The molecule has 1 rings (SSSR count). The minimum atomic E-state index is 0.567. The maximum absolute atomic E-state index is 4.40. The van der Waals surface area contributed by atoms with Gasteiger partial charge in [0.1, 0.15) is 0 Å². The molecule has 1 heterocycles. The predicted molar refractivity (Wildman–Crippen MR) is 60.3 cm³/mol. The average Bonchev–Trinajstić information content (AvgIpc) is 2.16. The minimum Gasteiger partial charge on any atom is -0.305 e. The lowest BCUT2D eigenvalue weighted by Crippen LogP contribution is -2.11. The van der Waals surface area contributed by atoms with Gasteiger partial charge in [0.05, 0.1) is 0 Å². The standard InChI is InChI=1S/C12H20N2/c1-5-10(2)12-8-11(6-7-13-12)9-14(3)4/h6-8,10H,5,9H2,1-4H3. The highest BCUT2D eigenvalue weighted by molar-refractivity contribution is 5.18. The molecule has 0 aromatic carbocycles. The Hall–Kier alpha value is -0.890. The molecule has 1 aromatic heterocycles. The first-order valence-electron chi connectivity index (χ1n) is 5.23. The van der Waals surface area contributed by atoms with Crippen molar-refractivity contribution in [2.24, 2.45) is 0 Å². The van der Waals surface area contributed by atoms with Crippen LogP contribution in [0.1, 0.15) is 37.4 Å². The Bertz CT molecular complexity index is 281. The van der Waals surface area contributed by atoms with Crippen LogP contribution >= 0.6 is 0 Å². The number of hydrogen-bond acceptors (Lipinski definition) is 2. The van der Waals surface area contributed by atoms with Crippen molar-refractivity contribution in [2.45, 2.75) is 32.7 Å². The number of rotatable bonds is 4. The van der Waals surface area contributed by atoms with Crippen LogP contribution in [0.2, 0.25) is 0 Å². The molecule has 0 radical (unpaired) electrons. The van der Waals surface area contributed by atoms with E-state index >= 15 is 0 Å². The molecule has 0 saturated carbocycles. The summed E-state index contributed by atoms with van der Waals surface area (Å²) in [5.74, 6) is 0.567. The molecule has 2 nitrogen and oxygen atoms in total. The molecule has 0 aliphatic heterocycles. The summed E-state index contributed by atoms with van der Waals surface area (Å²) in [5, 5.41) is 0. The first-order chi connectivity index (χ1) is 6.63. The van der Waals surface area contributed by atoms with Crippen LogP contribution in [0, 0.1) is 0 Å². The Morgan fingerprint density at radius 3 is 2.71 bits per heavy atom. The summed E-state index contributed by atoms with van der Waals surface area (Å²) < 4.78 is 0. The highest BCUT2D eigenvalue weighted by Gasteiger charge is 2.05. The van der Waals surface area contributed by atoms with Crippen LogP contribution in [0.3, 0.4) is 0 Å². The van der Waals surface area contributed by atoms with E-state index in [4.69, 9.17) is 0 Å². The topological polar surface area (TPSA) is 16.1 Å². The fourth-order valence-electron chi connectivity index (χ4n) is 1.44. The third-order valence-electron chi connectivity index (χ3n) is 2.46. The van der Waals surface area contributed by atoms with Crippen molar-refractivity contribution in [3.8, 4) is 0 Å². The van der Waals surface area contributed by atoms with Crippen molar-refractivity contribution in [1.29, 1.82) is 0 Å². The second kappa shape index (κ2) is 5.11. The van der Waals surface area contributed by atoms with E-state index in [-0.39, 0.29) is 0 Å². The molecule has 0 spiro atoms. The fourth-order valence-corrected chi connectivity index (χ4v) is 1.44. The van der Waals surface area contributed by atoms with Gasteiger partial charge >= 0.3 is 0 Å². The number of aromatic nitrogens is 1. The minimum absolute atomic E-state index is 0.567. The van der Waals surface area contributed by atoms with E-state index in [0.29, 0.717) is 5.92 Å². The van der Waals surface area contributed by atoms with Gasteiger partial charge in [-0.15, -0.1) is 0 Å². The molecule has 0 aliphatic rings. The lowest BCUT2D eigenvalue weighted by Gasteiger charge is -2.12. The lowest BCUT2D eigenvalue weighted by atomic mass is 10.0. The highest BCUT2D eigenvalue weighted by atomic mass is 15.0. The van der Waals surface area contributed by atoms with Crippen molar-refractivity contribution in [3.63, 3.8) is 0 Å². The molecule has 0 amide bonds. The number of nitrogens with zero attached hydrogens (tertiary/aromatic N) is 2. The zero-order chi connectivity index (χ0) is 10.6. The summed E-state index contributed by atoms with van der Waals surface area (Å²) in [4.78, 5) is 6.58. The van der Waals surface area contributed by atoms with Crippen LogP contribution in [0.4, 0.5) is 0 Å². The van der Waals surface area contributed by atoms with E-state index in [1.807, 2.05) is 6.20 Å². The summed E-state index contributed by atoms with van der Waals surface area (Å²) in [6.45, 7) is 5.42. The summed E-state index contributed by atoms with van der Waals surface area (Å²) in [5.41, 5.74) is 2.56. The highest BCUT2D eigenvalue weighted by Crippen LogP contribution is 2.17. The van der Waals surface area contributed by atoms with Crippen molar-refractivity contribution < 1.29 is 0 Å². The smallest absolute Gasteiger partial charge is 0.0434 e. The summed E-state index contributed by atoms with van der Waals surface area (Å²) in [7, 11) is 4.17. The van der Waals surface area contributed by atoms with Crippen LogP contribution in [0.25, 0.3) is 0 Å². The molecular formula is C12H20N2. The Morgan fingerprint density at radius 2 is 2.14 bits per heavy atom. The Kier molecular flexibility index (Phi) is 4.08. The third-order valence-corrected chi connectivity index (χ3v) is 2.46. The SMILES string of the molecule is CCC(C)c1cc(CN(C)C)ccn1. The normalized spacial score (nSPS) is 13.2. The van der Waals surface area contributed by atoms with Gasteiger partial charge in [-0.3, -0.25) is 4.98 Å². The fraction of sp³-hybridized carbons (Fsp3) is 0.583. The van der Waals surface area contributed by atoms with Crippen molar-refractivity contribution in [1.82, 2.24) is 9.88 Å². The van der Waals surface area contributed by atoms with Crippen LogP contribution in [0.5, 0.6) is 0 Å². The third kappa shape index (κ3) is 3.11. The Labute approximate surface area is 87.0 Å². The first-order valence-corrected chi connectivity index (χ1v) is 5.23. The number of hydrogen-bond donors (Lipinski definition) is 0. The van der Waals surface area contributed by atoms with Crippen molar-refractivity contribution in [2.75, 3.05) is 14.1 Å². The molecule has 1 unspecified atom stereocenters. The van der Waals surface area contributed by atoms with Gasteiger partial charge in [0.15, 0.2) is 0 Å². The van der Waals surface area contributed by atoms with Gasteiger partial charge in [-0.1, -0.05) is 13.8 Å². The van der Waals surface area contributed by atoms with Crippen LogP contribution in [0.15, 0.2) is 18.3 Å². The Balaban J connectivity index is 2.78. The van der Waals surface area contributed by atoms with Crippen molar-refractivity contribution in [3.05, 3.63) is 29.6 Å². The maximum atomic E-state index is 4.40. The van der Waals surface area contributed by atoms with E-state index in [0.717, 1.165) is 13.0 Å². The van der Waals surface area contributed by atoms with Gasteiger partial charge in [0, 0.05) is 18.4 Å².